The zero-order chi connectivity index (χ0) is 14.5. The lowest BCUT2D eigenvalue weighted by Gasteiger charge is -2.17. The van der Waals surface area contributed by atoms with Crippen LogP contribution >= 0.6 is 12.4 Å². The topological polar surface area (TPSA) is 50.4 Å². The minimum atomic E-state index is -0.995. The Kier molecular flexibility index (Phi) is 6.84. The Bertz CT molecular complexity index is 482. The molecule has 0 aliphatic carbocycles. The first-order valence-corrected chi connectivity index (χ1v) is 6.69. The number of halogens is 3. The van der Waals surface area contributed by atoms with Gasteiger partial charge in [-0.2, -0.15) is 0 Å². The molecule has 7 heteroatoms. The van der Waals surface area contributed by atoms with E-state index in [0.717, 1.165) is 31.5 Å². The first-order valence-electron chi connectivity index (χ1n) is 6.69. The van der Waals surface area contributed by atoms with Crippen LogP contribution in [0.1, 0.15) is 19.8 Å². The molecule has 1 aromatic rings. The second-order valence-corrected chi connectivity index (χ2v) is 4.87. The van der Waals surface area contributed by atoms with Crippen LogP contribution in [0, 0.1) is 11.6 Å². The lowest BCUT2D eigenvalue weighted by atomic mass is 10.2. The molecular formula is C14H19ClF2N2O2. The van der Waals surface area contributed by atoms with Gasteiger partial charge >= 0.3 is 0 Å². The molecule has 0 spiro atoms. The molecule has 4 nitrogen and oxygen atoms in total. The summed E-state index contributed by atoms with van der Waals surface area (Å²) in [5.74, 6) is -2.08. The number of amides is 1. The Morgan fingerprint density at radius 2 is 2.24 bits per heavy atom. The highest BCUT2D eigenvalue weighted by Crippen LogP contribution is 2.16. The quantitative estimate of drug-likeness (QED) is 0.872. The Balaban J connectivity index is 0.00000220. The van der Waals surface area contributed by atoms with Crippen molar-refractivity contribution in [2.24, 2.45) is 0 Å². The van der Waals surface area contributed by atoms with Gasteiger partial charge in [0.1, 0.15) is 5.75 Å². The molecule has 0 radical (unpaired) electrons. The molecule has 2 atom stereocenters. The summed E-state index contributed by atoms with van der Waals surface area (Å²) < 4.78 is 31.1. The van der Waals surface area contributed by atoms with Crippen LogP contribution in [0.2, 0.25) is 0 Å². The maximum absolute atomic E-state index is 13.0. The van der Waals surface area contributed by atoms with Gasteiger partial charge in [0.05, 0.1) is 0 Å². The molecule has 0 bridgehead atoms. The fraction of sp³-hybridized carbons (Fsp3) is 0.500. The van der Waals surface area contributed by atoms with Crippen molar-refractivity contribution in [3.8, 4) is 5.75 Å². The van der Waals surface area contributed by atoms with Gasteiger partial charge in [-0.05, 0) is 38.4 Å². The van der Waals surface area contributed by atoms with Gasteiger partial charge < -0.3 is 15.4 Å². The predicted octanol–water partition coefficient (Wildman–Crippen LogP) is 2.02. The summed E-state index contributed by atoms with van der Waals surface area (Å²) in [5, 5.41) is 6.04. The SMILES string of the molecule is CC(Oc1ccc(F)c(F)c1)C(=O)NCC1CCCN1.Cl. The molecule has 1 fully saturated rings. The average molecular weight is 321 g/mol. The van der Waals surface area contributed by atoms with E-state index in [1.165, 1.54) is 6.07 Å². The highest BCUT2D eigenvalue weighted by Gasteiger charge is 2.19. The van der Waals surface area contributed by atoms with Crippen molar-refractivity contribution in [1.82, 2.24) is 10.6 Å². The highest BCUT2D eigenvalue weighted by atomic mass is 35.5. The van der Waals surface area contributed by atoms with Crippen LogP contribution in [-0.4, -0.2) is 31.1 Å². The summed E-state index contributed by atoms with van der Waals surface area (Å²) in [4.78, 5) is 11.8. The lowest BCUT2D eigenvalue weighted by molar-refractivity contribution is -0.127. The normalized spacial score (nSPS) is 18.7. The average Bonchev–Trinajstić information content (AvgIpc) is 2.93. The number of hydrogen-bond acceptors (Lipinski definition) is 3. The van der Waals surface area contributed by atoms with Crippen molar-refractivity contribution in [1.29, 1.82) is 0 Å². The first-order chi connectivity index (χ1) is 9.56. The minimum Gasteiger partial charge on any atom is -0.481 e. The van der Waals surface area contributed by atoms with Crippen molar-refractivity contribution in [3.05, 3.63) is 29.8 Å². The molecule has 1 saturated heterocycles. The van der Waals surface area contributed by atoms with Crippen LogP contribution in [0.15, 0.2) is 18.2 Å². The predicted molar refractivity (Wildman–Crippen MR) is 77.7 cm³/mol. The molecule has 1 aliphatic rings. The molecular weight excluding hydrogens is 302 g/mol. The van der Waals surface area contributed by atoms with E-state index in [1.54, 1.807) is 6.92 Å². The molecule has 1 amide bonds. The first kappa shape index (κ1) is 17.7. The van der Waals surface area contributed by atoms with E-state index < -0.39 is 17.7 Å². The van der Waals surface area contributed by atoms with Crippen molar-refractivity contribution >= 4 is 18.3 Å². The maximum atomic E-state index is 13.0. The van der Waals surface area contributed by atoms with Crippen LogP contribution in [0.3, 0.4) is 0 Å². The fourth-order valence-electron chi connectivity index (χ4n) is 2.11. The van der Waals surface area contributed by atoms with Crippen molar-refractivity contribution < 1.29 is 18.3 Å². The number of ether oxygens (including phenoxy) is 1. The third-order valence-electron chi connectivity index (χ3n) is 3.26. The second kappa shape index (κ2) is 8.14. The third kappa shape index (κ3) is 5.13. The number of rotatable bonds is 5. The van der Waals surface area contributed by atoms with Gasteiger partial charge in [-0.3, -0.25) is 4.79 Å². The molecule has 1 heterocycles. The number of hydrogen-bond donors (Lipinski definition) is 2. The van der Waals surface area contributed by atoms with Gasteiger partial charge in [-0.1, -0.05) is 0 Å². The van der Waals surface area contributed by atoms with Gasteiger partial charge in [-0.25, -0.2) is 8.78 Å². The molecule has 1 aromatic carbocycles. The number of benzene rings is 1. The highest BCUT2D eigenvalue weighted by molar-refractivity contribution is 5.85. The Morgan fingerprint density at radius 3 is 2.86 bits per heavy atom. The molecule has 2 N–H and O–H groups in total. The van der Waals surface area contributed by atoms with E-state index in [0.29, 0.717) is 12.6 Å². The summed E-state index contributed by atoms with van der Waals surface area (Å²) in [6, 6.07) is 3.49. The Labute approximate surface area is 128 Å². The van der Waals surface area contributed by atoms with Gasteiger partial charge in [-0.15, -0.1) is 12.4 Å². The van der Waals surface area contributed by atoms with E-state index in [4.69, 9.17) is 4.74 Å². The second-order valence-electron chi connectivity index (χ2n) is 4.87. The summed E-state index contributed by atoms with van der Waals surface area (Å²) >= 11 is 0. The minimum absolute atomic E-state index is 0. The zero-order valence-electron chi connectivity index (χ0n) is 11.7. The Hall–Kier alpha value is -1.40. The van der Waals surface area contributed by atoms with Crippen LogP contribution in [0.4, 0.5) is 8.78 Å². The molecule has 118 valence electrons. The maximum Gasteiger partial charge on any atom is 0.260 e. The summed E-state index contributed by atoms with van der Waals surface area (Å²) in [6.07, 6.45) is 1.39. The van der Waals surface area contributed by atoms with E-state index in [9.17, 15) is 13.6 Å². The largest absolute Gasteiger partial charge is 0.481 e. The van der Waals surface area contributed by atoms with Gasteiger partial charge in [0.15, 0.2) is 17.7 Å². The van der Waals surface area contributed by atoms with Gasteiger partial charge in [0.2, 0.25) is 0 Å². The molecule has 1 aliphatic heterocycles. The summed E-state index contributed by atoms with van der Waals surface area (Å²) in [6.45, 7) is 3.09. The molecule has 21 heavy (non-hydrogen) atoms. The van der Waals surface area contributed by atoms with Gasteiger partial charge in [0.25, 0.3) is 5.91 Å². The van der Waals surface area contributed by atoms with Crippen LogP contribution in [0.5, 0.6) is 5.75 Å². The molecule has 0 saturated carbocycles. The fourth-order valence-corrected chi connectivity index (χ4v) is 2.11. The number of carbonyl (C=O) groups excluding carboxylic acids is 1. The van der Waals surface area contributed by atoms with Crippen molar-refractivity contribution in [2.45, 2.75) is 31.9 Å². The van der Waals surface area contributed by atoms with Crippen molar-refractivity contribution in [3.63, 3.8) is 0 Å². The van der Waals surface area contributed by atoms with Crippen LogP contribution < -0.4 is 15.4 Å². The number of nitrogens with one attached hydrogen (secondary N) is 2. The van der Waals surface area contributed by atoms with E-state index in [2.05, 4.69) is 10.6 Å². The third-order valence-corrected chi connectivity index (χ3v) is 3.26. The monoisotopic (exact) mass is 320 g/mol. The van der Waals surface area contributed by atoms with Crippen molar-refractivity contribution in [2.75, 3.05) is 13.1 Å². The molecule has 2 rings (SSSR count). The summed E-state index contributed by atoms with van der Waals surface area (Å²) in [7, 11) is 0. The van der Waals surface area contributed by atoms with E-state index in [-0.39, 0.29) is 24.1 Å². The van der Waals surface area contributed by atoms with E-state index >= 15 is 0 Å². The van der Waals surface area contributed by atoms with Gasteiger partial charge in [0, 0.05) is 18.7 Å². The standard InChI is InChI=1S/C14H18F2N2O2.ClH/c1-9(14(19)18-8-10-3-2-6-17-10)20-11-4-5-12(15)13(16)7-11;/h4-5,7,9-10,17H,2-3,6,8H2,1H3,(H,18,19);1H. The number of carbonyl (C=O) groups is 1. The van der Waals surface area contributed by atoms with Crippen LogP contribution in [0.25, 0.3) is 0 Å². The van der Waals surface area contributed by atoms with E-state index in [1.807, 2.05) is 0 Å². The smallest absolute Gasteiger partial charge is 0.260 e. The summed E-state index contributed by atoms with van der Waals surface area (Å²) in [5.41, 5.74) is 0. The van der Waals surface area contributed by atoms with Crippen LogP contribution in [-0.2, 0) is 4.79 Å². The molecule has 2 unspecified atom stereocenters. The lowest BCUT2D eigenvalue weighted by Crippen LogP contribution is -2.42. The zero-order valence-corrected chi connectivity index (χ0v) is 12.5. The Morgan fingerprint density at radius 1 is 1.48 bits per heavy atom. The molecule has 0 aromatic heterocycles.